The molecule has 6 nitrogen and oxygen atoms in total. The van der Waals surface area contributed by atoms with Crippen molar-refractivity contribution in [3.63, 3.8) is 0 Å². The Morgan fingerprint density at radius 2 is 2.00 bits per heavy atom. The van der Waals surface area contributed by atoms with E-state index in [1.807, 2.05) is 4.90 Å². The monoisotopic (exact) mass is 257 g/mol. The Morgan fingerprint density at radius 1 is 1.47 bits per heavy atom. The van der Waals surface area contributed by atoms with Crippen LogP contribution in [-0.2, 0) is 25.4 Å². The Hall–Kier alpha value is -0.0200. The van der Waals surface area contributed by atoms with Crippen LogP contribution in [0.3, 0.4) is 0 Å². The third kappa shape index (κ3) is 5.57. The van der Waals surface area contributed by atoms with Crippen LogP contribution in [0, 0.1) is 0 Å². The molecule has 0 spiro atoms. The molecule has 0 aromatic rings. The molecule has 1 rings (SSSR count). The summed E-state index contributed by atoms with van der Waals surface area (Å²) in [6.07, 6.45) is 1.89. The highest BCUT2D eigenvalue weighted by molar-refractivity contribution is 7.86. The molecule has 1 fully saturated rings. The molecule has 0 radical (unpaired) electrons. The van der Waals surface area contributed by atoms with Crippen LogP contribution in [0.25, 0.3) is 0 Å². The molecule has 0 aromatic heterocycles. The van der Waals surface area contributed by atoms with Gasteiger partial charge in [-0.15, -0.1) is 0 Å². The van der Waals surface area contributed by atoms with E-state index in [0.29, 0.717) is 25.9 Å². The SMILES string of the molecule is CS(=O)(=O)OC1CCN(CS(=O)O)CC1. The Bertz CT molecular complexity index is 320. The average molecular weight is 257 g/mol. The second kappa shape index (κ2) is 5.35. The molecule has 1 atom stereocenters. The first kappa shape index (κ1) is 13.0. The summed E-state index contributed by atoms with van der Waals surface area (Å²) in [5.74, 6) is 0.117. The zero-order valence-electron chi connectivity index (χ0n) is 8.46. The molecular formula is C7H15NO5S2. The van der Waals surface area contributed by atoms with Gasteiger partial charge in [0.25, 0.3) is 10.1 Å². The van der Waals surface area contributed by atoms with Crippen molar-refractivity contribution in [1.29, 1.82) is 0 Å². The molecule has 15 heavy (non-hydrogen) atoms. The lowest BCUT2D eigenvalue weighted by Crippen LogP contribution is -2.39. The van der Waals surface area contributed by atoms with Crippen LogP contribution in [0.4, 0.5) is 0 Å². The third-order valence-corrected chi connectivity index (χ3v) is 3.35. The van der Waals surface area contributed by atoms with Crippen molar-refractivity contribution in [2.45, 2.75) is 18.9 Å². The Labute approximate surface area is 92.0 Å². The molecule has 1 aliphatic heterocycles. The summed E-state index contributed by atoms with van der Waals surface area (Å²) in [5.41, 5.74) is 0. The van der Waals surface area contributed by atoms with Crippen LogP contribution >= 0.6 is 0 Å². The van der Waals surface area contributed by atoms with Crippen LogP contribution in [0.1, 0.15) is 12.8 Å². The van der Waals surface area contributed by atoms with Crippen molar-refractivity contribution in [3.05, 3.63) is 0 Å². The molecule has 0 bridgehead atoms. The van der Waals surface area contributed by atoms with Crippen LogP contribution in [0.5, 0.6) is 0 Å². The fraction of sp³-hybridized carbons (Fsp3) is 1.00. The van der Waals surface area contributed by atoms with E-state index < -0.39 is 21.2 Å². The van der Waals surface area contributed by atoms with Crippen molar-refractivity contribution < 1.29 is 21.4 Å². The normalized spacial score (nSPS) is 22.8. The largest absolute Gasteiger partial charge is 0.305 e. The predicted molar refractivity (Wildman–Crippen MR) is 56.2 cm³/mol. The highest BCUT2D eigenvalue weighted by Gasteiger charge is 2.23. The zero-order chi connectivity index (χ0) is 11.5. The van der Waals surface area contributed by atoms with E-state index in [1.165, 1.54) is 0 Å². The maximum atomic E-state index is 10.8. The molecule has 0 aromatic carbocycles. The van der Waals surface area contributed by atoms with Gasteiger partial charge in [-0.25, -0.2) is 4.21 Å². The summed E-state index contributed by atoms with van der Waals surface area (Å²) in [7, 11) is -3.39. The number of nitrogens with zero attached hydrogens (tertiary/aromatic N) is 1. The highest BCUT2D eigenvalue weighted by atomic mass is 32.2. The van der Waals surface area contributed by atoms with Crippen molar-refractivity contribution in [2.24, 2.45) is 0 Å². The highest BCUT2D eigenvalue weighted by Crippen LogP contribution is 2.15. The van der Waals surface area contributed by atoms with Crippen molar-refractivity contribution in [2.75, 3.05) is 25.2 Å². The van der Waals surface area contributed by atoms with Crippen molar-refractivity contribution in [3.8, 4) is 0 Å². The van der Waals surface area contributed by atoms with E-state index in [0.717, 1.165) is 6.26 Å². The lowest BCUT2D eigenvalue weighted by Gasteiger charge is -2.29. The molecule has 0 amide bonds. The molecule has 0 saturated carbocycles. The minimum atomic E-state index is -3.39. The molecule has 1 aliphatic rings. The number of rotatable bonds is 4. The standard InChI is InChI=1S/C7H15NO5S2/c1-15(11,12)13-7-2-4-8(5-3-7)6-14(9)10/h7H,2-6H2,1H3,(H,9,10). The van der Waals surface area contributed by atoms with Crippen molar-refractivity contribution >= 4 is 21.2 Å². The molecule has 0 aliphatic carbocycles. The zero-order valence-corrected chi connectivity index (χ0v) is 10.1. The summed E-state index contributed by atoms with van der Waals surface area (Å²) in [6, 6.07) is 0. The summed E-state index contributed by atoms with van der Waals surface area (Å²) in [5, 5.41) is 0. The van der Waals surface area contributed by atoms with Crippen LogP contribution < -0.4 is 0 Å². The van der Waals surface area contributed by atoms with Crippen LogP contribution in [0.2, 0.25) is 0 Å². The maximum Gasteiger partial charge on any atom is 0.264 e. The van der Waals surface area contributed by atoms with Gasteiger partial charge < -0.3 is 4.55 Å². The molecule has 1 saturated heterocycles. The summed E-state index contributed by atoms with van der Waals surface area (Å²) >= 11 is -1.83. The van der Waals surface area contributed by atoms with Crippen molar-refractivity contribution in [1.82, 2.24) is 4.90 Å². The van der Waals surface area contributed by atoms with E-state index in [1.54, 1.807) is 0 Å². The second-order valence-corrected chi connectivity index (χ2v) is 6.07. The summed E-state index contributed by atoms with van der Waals surface area (Å²) in [6.45, 7) is 1.18. The van der Waals surface area contributed by atoms with E-state index in [9.17, 15) is 12.6 Å². The van der Waals surface area contributed by atoms with Gasteiger partial charge in [0.2, 0.25) is 0 Å². The van der Waals surface area contributed by atoms with E-state index in [2.05, 4.69) is 0 Å². The number of piperidine rings is 1. The Morgan fingerprint density at radius 3 is 2.40 bits per heavy atom. The average Bonchev–Trinajstić information content (AvgIpc) is 2.05. The van der Waals surface area contributed by atoms with Gasteiger partial charge in [0, 0.05) is 13.1 Å². The van der Waals surface area contributed by atoms with Gasteiger partial charge in [-0.3, -0.25) is 9.08 Å². The van der Waals surface area contributed by atoms with Crippen LogP contribution in [0.15, 0.2) is 0 Å². The lowest BCUT2D eigenvalue weighted by atomic mass is 10.1. The second-order valence-electron chi connectivity index (χ2n) is 3.57. The summed E-state index contributed by atoms with van der Waals surface area (Å²) < 4.78 is 45.7. The number of hydrogen-bond acceptors (Lipinski definition) is 5. The fourth-order valence-electron chi connectivity index (χ4n) is 1.54. The first-order chi connectivity index (χ1) is 6.87. The van der Waals surface area contributed by atoms with Crippen LogP contribution in [-0.4, -0.2) is 53.4 Å². The first-order valence-corrected chi connectivity index (χ1v) is 7.64. The smallest absolute Gasteiger partial charge is 0.264 e. The topological polar surface area (TPSA) is 83.9 Å². The quantitative estimate of drug-likeness (QED) is 0.545. The van der Waals surface area contributed by atoms with Gasteiger partial charge in [-0.05, 0) is 12.8 Å². The first-order valence-electron chi connectivity index (χ1n) is 4.55. The third-order valence-electron chi connectivity index (χ3n) is 2.14. The van der Waals surface area contributed by atoms with Gasteiger partial charge in [0.05, 0.1) is 12.4 Å². The minimum absolute atomic E-state index is 0.117. The van der Waals surface area contributed by atoms with Gasteiger partial charge in [-0.2, -0.15) is 8.42 Å². The maximum absolute atomic E-state index is 10.8. The molecule has 8 heteroatoms. The predicted octanol–water partition coefficient (Wildman–Crippen LogP) is -0.394. The van der Waals surface area contributed by atoms with Gasteiger partial charge in [0.15, 0.2) is 11.1 Å². The van der Waals surface area contributed by atoms with E-state index in [-0.39, 0.29) is 12.0 Å². The molecule has 1 heterocycles. The minimum Gasteiger partial charge on any atom is -0.305 e. The number of hydrogen-bond donors (Lipinski definition) is 1. The fourth-order valence-corrected chi connectivity index (χ4v) is 2.80. The van der Waals surface area contributed by atoms with Gasteiger partial charge >= 0.3 is 0 Å². The Kier molecular flexibility index (Phi) is 4.65. The molecule has 1 N–H and O–H groups in total. The molecule has 1 unspecified atom stereocenters. The van der Waals surface area contributed by atoms with E-state index in [4.69, 9.17) is 8.74 Å². The Balaban J connectivity index is 2.33. The molecular weight excluding hydrogens is 242 g/mol. The number of likely N-dealkylation sites (tertiary alicyclic amines) is 1. The van der Waals surface area contributed by atoms with E-state index >= 15 is 0 Å². The summed E-state index contributed by atoms with van der Waals surface area (Å²) in [4.78, 5) is 1.82. The lowest BCUT2D eigenvalue weighted by molar-refractivity contribution is 0.116. The van der Waals surface area contributed by atoms with Gasteiger partial charge in [0.1, 0.15) is 5.88 Å². The van der Waals surface area contributed by atoms with Gasteiger partial charge in [-0.1, -0.05) is 0 Å². The molecule has 90 valence electrons.